The molecule has 2 aromatic carbocycles. The lowest BCUT2D eigenvalue weighted by Gasteiger charge is -2.37. The summed E-state index contributed by atoms with van der Waals surface area (Å²) in [7, 11) is 0. The third kappa shape index (κ3) is 4.45. The number of carbonyl (C=O) groups is 2. The van der Waals surface area contributed by atoms with Crippen LogP contribution in [-0.4, -0.2) is 49.4 Å². The van der Waals surface area contributed by atoms with Gasteiger partial charge in [0.15, 0.2) is 0 Å². The molecule has 2 aliphatic heterocycles. The standard InChI is InChI=1S/C24H26F3N3O2/c1-2-17-6-3-4-9-21(17)30-16-18(14-22(30)31)23(32)29-12-10-28(11-13-29)20-8-5-7-19(15-20)24(25,26)27/h3-9,15,18H,2,10-14,16H2,1H3. The van der Waals surface area contributed by atoms with Crippen molar-refractivity contribution in [2.75, 3.05) is 42.5 Å². The number of aryl methyl sites for hydroxylation is 1. The summed E-state index contributed by atoms with van der Waals surface area (Å²) in [5.74, 6) is -0.502. The third-order valence-corrected chi connectivity index (χ3v) is 6.27. The fraction of sp³-hybridized carbons (Fsp3) is 0.417. The summed E-state index contributed by atoms with van der Waals surface area (Å²) in [5.41, 5.74) is 1.77. The molecule has 0 radical (unpaired) electrons. The van der Waals surface area contributed by atoms with Crippen LogP contribution in [0.3, 0.4) is 0 Å². The van der Waals surface area contributed by atoms with Gasteiger partial charge in [0.2, 0.25) is 11.8 Å². The molecule has 0 aromatic heterocycles. The summed E-state index contributed by atoms with van der Waals surface area (Å²) in [6.45, 7) is 4.15. The lowest BCUT2D eigenvalue weighted by molar-refractivity contribution is -0.137. The highest BCUT2D eigenvalue weighted by molar-refractivity contribution is 6.00. The van der Waals surface area contributed by atoms with Gasteiger partial charge in [0.1, 0.15) is 0 Å². The first kappa shape index (κ1) is 22.2. The average molecular weight is 445 g/mol. The molecule has 0 spiro atoms. The third-order valence-electron chi connectivity index (χ3n) is 6.27. The van der Waals surface area contributed by atoms with E-state index in [1.807, 2.05) is 36.1 Å². The summed E-state index contributed by atoms with van der Waals surface area (Å²) >= 11 is 0. The monoisotopic (exact) mass is 445 g/mol. The predicted molar refractivity (Wildman–Crippen MR) is 117 cm³/mol. The minimum Gasteiger partial charge on any atom is -0.368 e. The summed E-state index contributed by atoms with van der Waals surface area (Å²) in [5, 5.41) is 0. The van der Waals surface area contributed by atoms with Crippen LogP contribution >= 0.6 is 0 Å². The van der Waals surface area contributed by atoms with Crippen LogP contribution in [0.15, 0.2) is 48.5 Å². The molecule has 0 bridgehead atoms. The molecule has 0 N–H and O–H groups in total. The second kappa shape index (κ2) is 8.84. The van der Waals surface area contributed by atoms with Crippen LogP contribution in [0.5, 0.6) is 0 Å². The molecule has 1 atom stereocenters. The number of rotatable bonds is 4. The Balaban J connectivity index is 1.38. The fourth-order valence-corrected chi connectivity index (χ4v) is 4.50. The lowest BCUT2D eigenvalue weighted by Crippen LogP contribution is -2.50. The molecule has 2 fully saturated rings. The number of amides is 2. The first-order chi connectivity index (χ1) is 15.3. The maximum absolute atomic E-state index is 13.1. The summed E-state index contributed by atoms with van der Waals surface area (Å²) in [4.78, 5) is 31.0. The molecule has 170 valence electrons. The zero-order valence-electron chi connectivity index (χ0n) is 17.9. The van der Waals surface area contributed by atoms with E-state index in [2.05, 4.69) is 0 Å². The Morgan fingerprint density at radius 1 is 1.03 bits per heavy atom. The molecule has 0 saturated carbocycles. The van der Waals surface area contributed by atoms with Crippen molar-refractivity contribution in [3.05, 3.63) is 59.7 Å². The molecular weight excluding hydrogens is 419 g/mol. The van der Waals surface area contributed by atoms with E-state index in [9.17, 15) is 22.8 Å². The number of halogens is 3. The summed E-state index contributed by atoms with van der Waals surface area (Å²) < 4.78 is 39.0. The zero-order valence-corrected chi connectivity index (χ0v) is 17.9. The number of hydrogen-bond donors (Lipinski definition) is 0. The van der Waals surface area contributed by atoms with E-state index in [1.54, 1.807) is 15.9 Å². The lowest BCUT2D eigenvalue weighted by atomic mass is 10.1. The van der Waals surface area contributed by atoms with E-state index in [-0.39, 0.29) is 18.2 Å². The van der Waals surface area contributed by atoms with Crippen molar-refractivity contribution in [3.8, 4) is 0 Å². The van der Waals surface area contributed by atoms with Crippen molar-refractivity contribution in [3.63, 3.8) is 0 Å². The molecule has 2 amide bonds. The van der Waals surface area contributed by atoms with Gasteiger partial charge in [-0.1, -0.05) is 31.2 Å². The number of carbonyl (C=O) groups excluding carboxylic acids is 2. The van der Waals surface area contributed by atoms with Crippen LogP contribution in [0.1, 0.15) is 24.5 Å². The Morgan fingerprint density at radius 3 is 2.44 bits per heavy atom. The Morgan fingerprint density at radius 2 is 1.75 bits per heavy atom. The van der Waals surface area contributed by atoms with E-state index in [4.69, 9.17) is 0 Å². The van der Waals surface area contributed by atoms with Crippen LogP contribution in [0, 0.1) is 5.92 Å². The molecule has 2 aromatic rings. The van der Waals surface area contributed by atoms with E-state index in [0.29, 0.717) is 38.4 Å². The first-order valence-corrected chi connectivity index (χ1v) is 10.9. The van der Waals surface area contributed by atoms with Crippen molar-refractivity contribution in [2.45, 2.75) is 25.9 Å². The molecule has 32 heavy (non-hydrogen) atoms. The van der Waals surface area contributed by atoms with Gasteiger partial charge in [-0.15, -0.1) is 0 Å². The van der Waals surface area contributed by atoms with Crippen LogP contribution in [0.2, 0.25) is 0 Å². The highest BCUT2D eigenvalue weighted by Gasteiger charge is 2.38. The normalized spacial score (nSPS) is 19.6. The number of benzene rings is 2. The topological polar surface area (TPSA) is 43.9 Å². The molecule has 2 heterocycles. The molecule has 2 aliphatic rings. The minimum atomic E-state index is -4.38. The van der Waals surface area contributed by atoms with Crippen LogP contribution in [0.25, 0.3) is 0 Å². The molecular formula is C24H26F3N3O2. The second-order valence-electron chi connectivity index (χ2n) is 8.25. The molecule has 5 nitrogen and oxygen atoms in total. The Kier molecular flexibility index (Phi) is 6.13. The van der Waals surface area contributed by atoms with Gasteiger partial charge in [0, 0.05) is 50.5 Å². The number of piperazine rings is 1. The number of alkyl halides is 3. The second-order valence-corrected chi connectivity index (χ2v) is 8.25. The van der Waals surface area contributed by atoms with Gasteiger partial charge in [-0.25, -0.2) is 0 Å². The van der Waals surface area contributed by atoms with Crippen LogP contribution in [-0.2, 0) is 22.2 Å². The summed E-state index contributed by atoms with van der Waals surface area (Å²) in [6, 6.07) is 13.0. The number of nitrogens with zero attached hydrogens (tertiary/aromatic N) is 3. The Labute approximate surface area is 185 Å². The SMILES string of the molecule is CCc1ccccc1N1CC(C(=O)N2CCN(c3cccc(C(F)(F)F)c3)CC2)CC1=O. The summed E-state index contributed by atoms with van der Waals surface area (Å²) in [6.07, 6.45) is -3.40. The van der Waals surface area contributed by atoms with E-state index in [0.717, 1.165) is 29.8 Å². The Bertz CT molecular complexity index is 1000. The quantitative estimate of drug-likeness (QED) is 0.716. The molecule has 1 unspecified atom stereocenters. The van der Waals surface area contributed by atoms with E-state index in [1.165, 1.54) is 6.07 Å². The smallest absolute Gasteiger partial charge is 0.368 e. The average Bonchev–Trinajstić information content (AvgIpc) is 3.19. The van der Waals surface area contributed by atoms with Gasteiger partial charge in [-0.3, -0.25) is 9.59 Å². The van der Waals surface area contributed by atoms with Crippen molar-refractivity contribution < 1.29 is 22.8 Å². The molecule has 8 heteroatoms. The van der Waals surface area contributed by atoms with Crippen LogP contribution in [0.4, 0.5) is 24.5 Å². The predicted octanol–water partition coefficient (Wildman–Crippen LogP) is 3.97. The van der Waals surface area contributed by atoms with Gasteiger partial charge in [-0.05, 0) is 36.2 Å². The van der Waals surface area contributed by atoms with Crippen molar-refractivity contribution in [2.24, 2.45) is 5.92 Å². The zero-order chi connectivity index (χ0) is 22.9. The van der Waals surface area contributed by atoms with Gasteiger partial charge in [0.05, 0.1) is 11.5 Å². The van der Waals surface area contributed by atoms with Crippen molar-refractivity contribution in [1.82, 2.24) is 4.90 Å². The molecule has 2 saturated heterocycles. The minimum absolute atomic E-state index is 0.0492. The fourth-order valence-electron chi connectivity index (χ4n) is 4.50. The number of anilines is 2. The van der Waals surface area contributed by atoms with E-state index < -0.39 is 17.7 Å². The van der Waals surface area contributed by atoms with E-state index >= 15 is 0 Å². The van der Waals surface area contributed by atoms with Gasteiger partial charge in [0.25, 0.3) is 0 Å². The highest BCUT2D eigenvalue weighted by atomic mass is 19.4. The first-order valence-electron chi connectivity index (χ1n) is 10.9. The van der Waals surface area contributed by atoms with Gasteiger partial charge in [-0.2, -0.15) is 13.2 Å². The Hall–Kier alpha value is -3.03. The maximum Gasteiger partial charge on any atom is 0.416 e. The molecule has 4 rings (SSSR count). The maximum atomic E-state index is 13.1. The largest absolute Gasteiger partial charge is 0.416 e. The van der Waals surface area contributed by atoms with Gasteiger partial charge >= 0.3 is 6.18 Å². The number of para-hydroxylation sites is 1. The van der Waals surface area contributed by atoms with Crippen molar-refractivity contribution >= 4 is 23.2 Å². The van der Waals surface area contributed by atoms with Crippen LogP contribution < -0.4 is 9.80 Å². The number of hydrogen-bond acceptors (Lipinski definition) is 3. The van der Waals surface area contributed by atoms with Crippen molar-refractivity contribution in [1.29, 1.82) is 0 Å². The van der Waals surface area contributed by atoms with Gasteiger partial charge < -0.3 is 14.7 Å². The highest BCUT2D eigenvalue weighted by Crippen LogP contribution is 2.32. The molecule has 0 aliphatic carbocycles.